The third-order valence-electron chi connectivity index (χ3n) is 4.30. The monoisotopic (exact) mass is 308 g/mol. The molecule has 1 heterocycles. The Morgan fingerprint density at radius 3 is 2.76 bits per heavy atom. The Labute approximate surface area is 130 Å². The van der Waals surface area contributed by atoms with Crippen molar-refractivity contribution in [2.45, 2.75) is 31.4 Å². The number of hydrogen-bond acceptors (Lipinski definition) is 3. The molecule has 0 aromatic heterocycles. The van der Waals surface area contributed by atoms with Gasteiger partial charge in [-0.05, 0) is 36.5 Å². The molecule has 0 spiro atoms. The fraction of sp³-hybridized carbons (Fsp3) is 0.562. The van der Waals surface area contributed by atoms with Crippen molar-refractivity contribution in [1.82, 2.24) is 4.90 Å². The van der Waals surface area contributed by atoms with Crippen LogP contribution in [0.4, 0.5) is 0 Å². The molecule has 4 nitrogen and oxygen atoms in total. The molecule has 0 radical (unpaired) electrons. The standard InChI is InChI=1S/C16H21ClN2O2/c17-13-5-3-12(4-6-13)15-10-19(7-8-21-15)16(20)9-14(18)11-1-2-11/h3-6,11,14-15H,1-2,7-10,18H2. The van der Waals surface area contributed by atoms with Crippen molar-refractivity contribution < 1.29 is 9.53 Å². The third-order valence-corrected chi connectivity index (χ3v) is 4.55. The first-order valence-corrected chi connectivity index (χ1v) is 7.91. The minimum Gasteiger partial charge on any atom is -0.370 e. The first-order valence-electron chi connectivity index (χ1n) is 7.54. The van der Waals surface area contributed by atoms with Gasteiger partial charge in [0.2, 0.25) is 5.91 Å². The van der Waals surface area contributed by atoms with E-state index in [1.165, 1.54) is 12.8 Å². The molecule has 114 valence electrons. The van der Waals surface area contributed by atoms with E-state index >= 15 is 0 Å². The number of carbonyl (C=O) groups excluding carboxylic acids is 1. The van der Waals surface area contributed by atoms with Crippen LogP contribution < -0.4 is 5.73 Å². The highest BCUT2D eigenvalue weighted by atomic mass is 35.5. The van der Waals surface area contributed by atoms with Gasteiger partial charge in [-0.3, -0.25) is 4.79 Å². The Bertz CT molecular complexity index is 502. The van der Waals surface area contributed by atoms with E-state index < -0.39 is 0 Å². The quantitative estimate of drug-likeness (QED) is 0.929. The highest BCUT2D eigenvalue weighted by molar-refractivity contribution is 6.30. The van der Waals surface area contributed by atoms with Crippen LogP contribution in [-0.2, 0) is 9.53 Å². The topological polar surface area (TPSA) is 55.6 Å². The smallest absolute Gasteiger partial charge is 0.224 e. The summed E-state index contributed by atoms with van der Waals surface area (Å²) in [6.45, 7) is 1.82. The molecule has 1 aromatic carbocycles. The molecule has 1 aliphatic carbocycles. The minimum atomic E-state index is -0.0721. The molecule has 2 atom stereocenters. The van der Waals surface area contributed by atoms with Gasteiger partial charge in [0.15, 0.2) is 0 Å². The maximum Gasteiger partial charge on any atom is 0.224 e. The number of ether oxygens (including phenoxy) is 1. The molecule has 1 amide bonds. The number of carbonyl (C=O) groups is 1. The van der Waals surface area contributed by atoms with E-state index in [1.807, 2.05) is 29.2 Å². The van der Waals surface area contributed by atoms with Gasteiger partial charge < -0.3 is 15.4 Å². The molecule has 2 aliphatic rings. The molecule has 2 fully saturated rings. The average molecular weight is 309 g/mol. The second kappa shape index (κ2) is 6.34. The number of hydrogen-bond donors (Lipinski definition) is 1. The maximum atomic E-state index is 12.3. The Morgan fingerprint density at radius 2 is 2.10 bits per heavy atom. The molecule has 1 aromatic rings. The fourth-order valence-electron chi connectivity index (χ4n) is 2.78. The molecule has 1 saturated carbocycles. The molecule has 1 aliphatic heterocycles. The minimum absolute atomic E-state index is 0.0225. The Kier molecular flexibility index (Phi) is 4.48. The molecule has 3 rings (SSSR count). The molecule has 0 bridgehead atoms. The second-order valence-electron chi connectivity index (χ2n) is 5.96. The lowest BCUT2D eigenvalue weighted by Gasteiger charge is -2.34. The van der Waals surface area contributed by atoms with E-state index in [-0.39, 0.29) is 18.1 Å². The summed E-state index contributed by atoms with van der Waals surface area (Å²) in [6, 6.07) is 7.64. The van der Waals surface area contributed by atoms with Crippen LogP contribution in [0.25, 0.3) is 0 Å². The summed E-state index contributed by atoms with van der Waals surface area (Å²) in [5, 5.41) is 0.706. The van der Waals surface area contributed by atoms with Crippen molar-refractivity contribution in [3.63, 3.8) is 0 Å². The van der Waals surface area contributed by atoms with Crippen LogP contribution in [0.5, 0.6) is 0 Å². The maximum absolute atomic E-state index is 12.3. The van der Waals surface area contributed by atoms with Gasteiger partial charge >= 0.3 is 0 Å². The van der Waals surface area contributed by atoms with E-state index in [0.717, 1.165) is 5.56 Å². The van der Waals surface area contributed by atoms with Crippen LogP contribution in [0, 0.1) is 5.92 Å². The van der Waals surface area contributed by atoms with Gasteiger partial charge in [-0.2, -0.15) is 0 Å². The van der Waals surface area contributed by atoms with Gasteiger partial charge in [-0.1, -0.05) is 23.7 Å². The predicted octanol–water partition coefficient (Wildman–Crippen LogP) is 2.37. The first kappa shape index (κ1) is 14.8. The van der Waals surface area contributed by atoms with E-state index in [2.05, 4.69) is 0 Å². The van der Waals surface area contributed by atoms with Crippen LogP contribution in [0.3, 0.4) is 0 Å². The molecule has 2 unspecified atom stereocenters. The van der Waals surface area contributed by atoms with Crippen molar-refractivity contribution in [2.24, 2.45) is 11.7 Å². The van der Waals surface area contributed by atoms with Gasteiger partial charge in [-0.25, -0.2) is 0 Å². The number of morpholine rings is 1. The van der Waals surface area contributed by atoms with E-state index in [9.17, 15) is 4.79 Å². The summed E-state index contributed by atoms with van der Waals surface area (Å²) in [7, 11) is 0. The molecular formula is C16H21ClN2O2. The Balaban J connectivity index is 1.59. The van der Waals surface area contributed by atoms with Crippen LogP contribution in [0.15, 0.2) is 24.3 Å². The van der Waals surface area contributed by atoms with Crippen LogP contribution in [0.2, 0.25) is 5.02 Å². The molecule has 5 heteroatoms. The lowest BCUT2D eigenvalue weighted by atomic mass is 10.1. The summed E-state index contributed by atoms with van der Waals surface area (Å²) in [5.74, 6) is 0.707. The molecule has 21 heavy (non-hydrogen) atoms. The molecule has 2 N–H and O–H groups in total. The van der Waals surface area contributed by atoms with E-state index in [0.29, 0.717) is 37.1 Å². The molecular weight excluding hydrogens is 288 g/mol. The van der Waals surface area contributed by atoms with Gasteiger partial charge in [0.05, 0.1) is 13.2 Å². The van der Waals surface area contributed by atoms with Gasteiger partial charge in [-0.15, -0.1) is 0 Å². The Morgan fingerprint density at radius 1 is 1.38 bits per heavy atom. The van der Waals surface area contributed by atoms with Gasteiger partial charge in [0.25, 0.3) is 0 Å². The second-order valence-corrected chi connectivity index (χ2v) is 6.39. The largest absolute Gasteiger partial charge is 0.370 e. The number of nitrogens with two attached hydrogens (primary N) is 1. The number of halogens is 1. The van der Waals surface area contributed by atoms with Crippen molar-refractivity contribution in [3.05, 3.63) is 34.9 Å². The fourth-order valence-corrected chi connectivity index (χ4v) is 2.90. The lowest BCUT2D eigenvalue weighted by Crippen LogP contribution is -2.44. The summed E-state index contributed by atoms with van der Waals surface area (Å²) in [5.41, 5.74) is 7.11. The zero-order valence-corrected chi connectivity index (χ0v) is 12.8. The summed E-state index contributed by atoms with van der Waals surface area (Å²) < 4.78 is 5.78. The summed E-state index contributed by atoms with van der Waals surface area (Å²) in [6.07, 6.45) is 2.73. The van der Waals surface area contributed by atoms with Crippen molar-refractivity contribution in [2.75, 3.05) is 19.7 Å². The van der Waals surface area contributed by atoms with Crippen LogP contribution >= 0.6 is 11.6 Å². The van der Waals surface area contributed by atoms with Crippen molar-refractivity contribution in [1.29, 1.82) is 0 Å². The van der Waals surface area contributed by atoms with E-state index in [1.54, 1.807) is 0 Å². The SMILES string of the molecule is NC(CC(=O)N1CCOC(c2ccc(Cl)cc2)C1)C1CC1. The average Bonchev–Trinajstić information content (AvgIpc) is 3.33. The van der Waals surface area contributed by atoms with Gasteiger partial charge in [0, 0.05) is 24.0 Å². The summed E-state index contributed by atoms with van der Waals surface area (Å²) >= 11 is 5.90. The zero-order valence-electron chi connectivity index (χ0n) is 12.0. The first-order chi connectivity index (χ1) is 10.1. The number of rotatable bonds is 4. The van der Waals surface area contributed by atoms with Crippen molar-refractivity contribution >= 4 is 17.5 Å². The normalized spacial score (nSPS) is 23.9. The zero-order chi connectivity index (χ0) is 14.8. The number of amides is 1. The summed E-state index contributed by atoms with van der Waals surface area (Å²) in [4.78, 5) is 14.2. The predicted molar refractivity (Wildman–Crippen MR) is 82.0 cm³/mol. The number of nitrogens with zero attached hydrogens (tertiary/aromatic N) is 1. The highest BCUT2D eigenvalue weighted by Crippen LogP contribution is 2.33. The lowest BCUT2D eigenvalue weighted by molar-refractivity contribution is -0.139. The molecule has 1 saturated heterocycles. The van der Waals surface area contributed by atoms with Gasteiger partial charge in [0.1, 0.15) is 6.10 Å². The van der Waals surface area contributed by atoms with E-state index in [4.69, 9.17) is 22.1 Å². The Hall–Kier alpha value is -1.10. The van der Waals surface area contributed by atoms with Crippen LogP contribution in [-0.4, -0.2) is 36.5 Å². The van der Waals surface area contributed by atoms with Crippen molar-refractivity contribution in [3.8, 4) is 0 Å². The highest BCUT2D eigenvalue weighted by Gasteiger charge is 2.32. The third kappa shape index (κ3) is 3.76. The van der Waals surface area contributed by atoms with Crippen LogP contribution in [0.1, 0.15) is 30.9 Å². The number of benzene rings is 1.